The van der Waals surface area contributed by atoms with Gasteiger partial charge in [0.15, 0.2) is 0 Å². The van der Waals surface area contributed by atoms with Crippen molar-refractivity contribution < 1.29 is 4.79 Å². The van der Waals surface area contributed by atoms with Crippen molar-refractivity contribution in [3.8, 4) is 0 Å². The quantitative estimate of drug-likeness (QED) is 0.529. The molecule has 0 aromatic heterocycles. The Morgan fingerprint density at radius 3 is 2.90 bits per heavy atom. The van der Waals surface area contributed by atoms with E-state index in [9.17, 15) is 4.79 Å². The van der Waals surface area contributed by atoms with E-state index in [0.29, 0.717) is 5.57 Å². The lowest BCUT2D eigenvalue weighted by Gasteiger charge is -2.11. The molecule has 2 nitrogen and oxygen atoms in total. The number of carbonyl (C=O) groups excluding carboxylic acids is 1. The highest BCUT2D eigenvalue weighted by Crippen LogP contribution is 2.06. The summed E-state index contributed by atoms with van der Waals surface area (Å²) in [6.07, 6.45) is 7.41. The standard InChI is InChI=1S/C8H9NO/c1-9-8-5-3-2-4-7(8)6-10/h2-5,8-9H,1H3. The molecule has 0 heterocycles. The zero-order valence-electron chi connectivity index (χ0n) is 5.79. The van der Waals surface area contributed by atoms with Crippen LogP contribution in [-0.4, -0.2) is 19.0 Å². The Morgan fingerprint density at radius 1 is 1.60 bits per heavy atom. The van der Waals surface area contributed by atoms with Gasteiger partial charge in [-0.05, 0) is 13.1 Å². The topological polar surface area (TPSA) is 29.1 Å². The molecule has 1 rings (SSSR count). The second kappa shape index (κ2) is 3.16. The lowest BCUT2D eigenvalue weighted by molar-refractivity contribution is 0.565. The lowest BCUT2D eigenvalue weighted by Crippen LogP contribution is -2.25. The Kier molecular flexibility index (Phi) is 2.21. The normalized spacial score (nSPS) is 22.9. The molecule has 0 aliphatic heterocycles. The molecule has 0 radical (unpaired) electrons. The van der Waals surface area contributed by atoms with Crippen molar-refractivity contribution in [3.63, 3.8) is 0 Å². The average molecular weight is 135 g/mol. The van der Waals surface area contributed by atoms with Crippen molar-refractivity contribution in [2.45, 2.75) is 6.04 Å². The molecule has 0 amide bonds. The van der Waals surface area contributed by atoms with E-state index in [2.05, 4.69) is 5.32 Å². The Hall–Kier alpha value is -1.11. The molecule has 1 aliphatic rings. The zero-order valence-corrected chi connectivity index (χ0v) is 5.79. The molecule has 2 heteroatoms. The van der Waals surface area contributed by atoms with Crippen molar-refractivity contribution in [2.75, 3.05) is 7.05 Å². The summed E-state index contributed by atoms with van der Waals surface area (Å²) in [4.78, 5) is 10.2. The highest BCUT2D eigenvalue weighted by molar-refractivity contribution is 5.62. The fraction of sp³-hybridized carbons (Fsp3) is 0.250. The molecule has 1 unspecified atom stereocenters. The third-order valence-electron chi connectivity index (χ3n) is 1.45. The molecule has 10 heavy (non-hydrogen) atoms. The van der Waals surface area contributed by atoms with Gasteiger partial charge in [-0.25, -0.2) is 4.79 Å². The van der Waals surface area contributed by atoms with Crippen molar-refractivity contribution in [3.05, 3.63) is 29.9 Å². The maximum absolute atomic E-state index is 10.2. The van der Waals surface area contributed by atoms with E-state index in [4.69, 9.17) is 0 Å². The summed E-state index contributed by atoms with van der Waals surface area (Å²) >= 11 is 0. The van der Waals surface area contributed by atoms with Crippen LogP contribution < -0.4 is 5.32 Å². The Balaban J connectivity index is 2.84. The highest BCUT2D eigenvalue weighted by Gasteiger charge is 2.07. The van der Waals surface area contributed by atoms with Gasteiger partial charge in [0.05, 0.1) is 11.6 Å². The summed E-state index contributed by atoms with van der Waals surface area (Å²) in [5.74, 6) is 1.87. The molecule has 0 saturated carbocycles. The van der Waals surface area contributed by atoms with Crippen LogP contribution in [0.1, 0.15) is 0 Å². The Labute approximate surface area is 59.9 Å². The van der Waals surface area contributed by atoms with Crippen molar-refractivity contribution >= 4 is 5.94 Å². The van der Waals surface area contributed by atoms with Crippen molar-refractivity contribution in [2.24, 2.45) is 0 Å². The molecule has 52 valence electrons. The Bertz CT molecular complexity index is 221. The van der Waals surface area contributed by atoms with Gasteiger partial charge >= 0.3 is 0 Å². The molecule has 1 aliphatic carbocycles. The van der Waals surface area contributed by atoms with Crippen LogP contribution in [0.4, 0.5) is 0 Å². The minimum Gasteiger partial charge on any atom is -0.309 e. The van der Waals surface area contributed by atoms with Gasteiger partial charge in [-0.3, -0.25) is 0 Å². The van der Waals surface area contributed by atoms with Crippen LogP contribution in [0.25, 0.3) is 0 Å². The van der Waals surface area contributed by atoms with E-state index in [0.717, 1.165) is 0 Å². The van der Waals surface area contributed by atoms with Crippen LogP contribution in [0, 0.1) is 0 Å². The van der Waals surface area contributed by atoms with Gasteiger partial charge in [0, 0.05) is 0 Å². The van der Waals surface area contributed by atoms with Gasteiger partial charge in [0.2, 0.25) is 0 Å². The van der Waals surface area contributed by atoms with Crippen LogP contribution in [0.5, 0.6) is 0 Å². The minimum absolute atomic E-state index is 0.0440. The predicted molar refractivity (Wildman–Crippen MR) is 40.3 cm³/mol. The highest BCUT2D eigenvalue weighted by atomic mass is 16.1. The van der Waals surface area contributed by atoms with Crippen LogP contribution in [0.3, 0.4) is 0 Å². The van der Waals surface area contributed by atoms with E-state index in [1.165, 1.54) is 0 Å². The SMILES string of the molecule is CNC1C=CC=CC1=C=O. The van der Waals surface area contributed by atoms with Crippen LogP contribution >= 0.6 is 0 Å². The average Bonchev–Trinajstić information content (AvgIpc) is 2.04. The molecule has 0 fully saturated rings. The molecular weight excluding hydrogens is 126 g/mol. The number of likely N-dealkylation sites (N-methyl/N-ethyl adjacent to an activating group) is 1. The summed E-state index contributed by atoms with van der Waals surface area (Å²) in [7, 11) is 1.81. The molecule has 0 saturated heterocycles. The number of hydrogen-bond acceptors (Lipinski definition) is 2. The number of rotatable bonds is 1. The van der Waals surface area contributed by atoms with E-state index in [1.807, 2.05) is 31.2 Å². The first kappa shape index (κ1) is 7.00. The smallest absolute Gasteiger partial charge is 0.129 e. The van der Waals surface area contributed by atoms with Crippen LogP contribution in [-0.2, 0) is 4.79 Å². The molecule has 1 N–H and O–H groups in total. The van der Waals surface area contributed by atoms with Gasteiger partial charge < -0.3 is 5.32 Å². The van der Waals surface area contributed by atoms with Gasteiger partial charge in [-0.15, -0.1) is 0 Å². The largest absolute Gasteiger partial charge is 0.309 e. The molecule has 0 spiro atoms. The van der Waals surface area contributed by atoms with E-state index >= 15 is 0 Å². The summed E-state index contributed by atoms with van der Waals surface area (Å²) in [5.41, 5.74) is 0.657. The number of hydrogen-bond donors (Lipinski definition) is 1. The molecule has 1 atom stereocenters. The zero-order chi connectivity index (χ0) is 7.40. The van der Waals surface area contributed by atoms with Crippen molar-refractivity contribution in [1.82, 2.24) is 5.32 Å². The van der Waals surface area contributed by atoms with E-state index in [-0.39, 0.29) is 6.04 Å². The minimum atomic E-state index is 0.0440. The van der Waals surface area contributed by atoms with Crippen LogP contribution in [0.15, 0.2) is 29.9 Å². The summed E-state index contributed by atoms with van der Waals surface area (Å²) in [5, 5.41) is 2.97. The second-order valence-corrected chi connectivity index (χ2v) is 2.07. The number of allylic oxidation sites excluding steroid dienone is 2. The monoisotopic (exact) mass is 135 g/mol. The molecule has 0 aromatic carbocycles. The predicted octanol–water partition coefficient (Wildman–Crippen LogP) is 0.458. The summed E-state index contributed by atoms with van der Waals surface area (Å²) < 4.78 is 0. The first-order valence-corrected chi connectivity index (χ1v) is 3.15. The fourth-order valence-corrected chi connectivity index (χ4v) is 0.891. The second-order valence-electron chi connectivity index (χ2n) is 2.07. The maximum Gasteiger partial charge on any atom is 0.129 e. The first-order valence-electron chi connectivity index (χ1n) is 3.15. The maximum atomic E-state index is 10.2. The van der Waals surface area contributed by atoms with Gasteiger partial charge in [-0.2, -0.15) is 0 Å². The van der Waals surface area contributed by atoms with Gasteiger partial charge in [0.25, 0.3) is 0 Å². The molecule has 0 aromatic rings. The van der Waals surface area contributed by atoms with Gasteiger partial charge in [-0.1, -0.05) is 18.2 Å². The first-order chi connectivity index (χ1) is 4.88. The lowest BCUT2D eigenvalue weighted by atomic mass is 10.0. The van der Waals surface area contributed by atoms with E-state index in [1.54, 1.807) is 6.08 Å². The third-order valence-corrected chi connectivity index (χ3v) is 1.45. The van der Waals surface area contributed by atoms with Gasteiger partial charge in [0.1, 0.15) is 5.94 Å². The molecule has 0 bridgehead atoms. The third kappa shape index (κ3) is 1.24. The van der Waals surface area contributed by atoms with Crippen LogP contribution in [0.2, 0.25) is 0 Å². The fourth-order valence-electron chi connectivity index (χ4n) is 0.891. The summed E-state index contributed by atoms with van der Waals surface area (Å²) in [6.45, 7) is 0. The van der Waals surface area contributed by atoms with Crippen molar-refractivity contribution in [1.29, 1.82) is 0 Å². The number of nitrogens with one attached hydrogen (secondary N) is 1. The Morgan fingerprint density at radius 2 is 2.40 bits per heavy atom. The molecular formula is C8H9NO. The van der Waals surface area contributed by atoms with E-state index < -0.39 is 0 Å². The summed E-state index contributed by atoms with van der Waals surface area (Å²) in [6, 6.07) is 0.0440.